The minimum absolute atomic E-state index is 0.177. The Kier molecular flexibility index (Phi) is 5.83. The van der Waals surface area contributed by atoms with E-state index in [2.05, 4.69) is 5.32 Å². The summed E-state index contributed by atoms with van der Waals surface area (Å²) in [5.74, 6) is -2.83. The van der Waals surface area contributed by atoms with Crippen LogP contribution in [0.1, 0.15) is 33.2 Å². The maximum Gasteiger partial charge on any atom is 0.418 e. The lowest BCUT2D eigenvalue weighted by Gasteiger charge is -2.26. The second-order valence-electron chi connectivity index (χ2n) is 6.99. The van der Waals surface area contributed by atoms with Crippen molar-refractivity contribution in [2.75, 3.05) is 18.9 Å². The molecule has 0 unspecified atom stereocenters. The zero-order chi connectivity index (χ0) is 22.9. The summed E-state index contributed by atoms with van der Waals surface area (Å²) >= 11 is 0. The number of para-hydroxylation sites is 1. The molecule has 0 bridgehead atoms. The van der Waals surface area contributed by atoms with Gasteiger partial charge in [0.1, 0.15) is 6.04 Å². The summed E-state index contributed by atoms with van der Waals surface area (Å²) in [6.45, 7) is 0.774. The Morgan fingerprint density at radius 3 is 2.06 bits per heavy atom. The first-order chi connectivity index (χ1) is 14.5. The van der Waals surface area contributed by atoms with Crippen molar-refractivity contribution in [1.29, 1.82) is 0 Å². The number of halogens is 3. The van der Waals surface area contributed by atoms with E-state index in [0.717, 1.165) is 21.9 Å². The molecule has 0 saturated heterocycles. The van der Waals surface area contributed by atoms with Crippen LogP contribution in [0, 0.1) is 0 Å². The lowest BCUT2D eigenvalue weighted by Crippen LogP contribution is -2.49. The second kappa shape index (κ2) is 8.21. The molecular formula is C21H18F3N3O4. The van der Waals surface area contributed by atoms with Gasteiger partial charge < -0.3 is 10.2 Å². The molecule has 1 heterocycles. The number of anilines is 1. The molecule has 0 fully saturated rings. The summed E-state index contributed by atoms with van der Waals surface area (Å²) in [5.41, 5.74) is -1.10. The van der Waals surface area contributed by atoms with Crippen molar-refractivity contribution >= 4 is 29.3 Å². The van der Waals surface area contributed by atoms with Crippen molar-refractivity contribution in [3.63, 3.8) is 0 Å². The summed E-state index contributed by atoms with van der Waals surface area (Å²) < 4.78 is 39.2. The Morgan fingerprint density at radius 1 is 1.00 bits per heavy atom. The highest BCUT2D eigenvalue weighted by Gasteiger charge is 2.41. The van der Waals surface area contributed by atoms with Gasteiger partial charge in [0.05, 0.1) is 28.9 Å². The lowest BCUT2D eigenvalue weighted by atomic mass is 10.1. The number of likely N-dealkylation sites (N-methyl/N-ethyl adjacent to an activating group) is 1. The molecule has 162 valence electrons. The molecule has 2 aromatic carbocycles. The average molecular weight is 433 g/mol. The molecule has 0 aliphatic carbocycles. The highest BCUT2D eigenvalue weighted by molar-refractivity contribution is 6.22. The van der Waals surface area contributed by atoms with Crippen LogP contribution in [0.25, 0.3) is 0 Å². The van der Waals surface area contributed by atoms with Gasteiger partial charge in [-0.25, -0.2) is 0 Å². The van der Waals surface area contributed by atoms with Gasteiger partial charge in [-0.2, -0.15) is 13.2 Å². The number of benzene rings is 2. The molecule has 2 aromatic rings. The highest BCUT2D eigenvalue weighted by atomic mass is 19.4. The molecule has 0 aromatic heterocycles. The quantitative estimate of drug-likeness (QED) is 0.735. The van der Waals surface area contributed by atoms with Gasteiger partial charge >= 0.3 is 6.18 Å². The molecule has 1 aliphatic heterocycles. The van der Waals surface area contributed by atoms with Gasteiger partial charge in [0.2, 0.25) is 11.8 Å². The predicted octanol–water partition coefficient (Wildman–Crippen LogP) is 2.79. The average Bonchev–Trinajstić information content (AvgIpc) is 2.97. The molecule has 0 saturated carbocycles. The monoisotopic (exact) mass is 433 g/mol. The van der Waals surface area contributed by atoms with E-state index >= 15 is 0 Å². The molecule has 1 N–H and O–H groups in total. The fourth-order valence-electron chi connectivity index (χ4n) is 3.31. The number of alkyl halides is 3. The van der Waals surface area contributed by atoms with E-state index in [0.29, 0.717) is 0 Å². The molecule has 10 heteroatoms. The van der Waals surface area contributed by atoms with Crippen molar-refractivity contribution in [3.8, 4) is 0 Å². The van der Waals surface area contributed by atoms with Crippen molar-refractivity contribution in [3.05, 3.63) is 65.2 Å². The normalized spacial score (nSPS) is 14.3. The Hall–Kier alpha value is -3.69. The number of amides is 4. The van der Waals surface area contributed by atoms with Gasteiger partial charge in [-0.3, -0.25) is 24.1 Å². The Balaban J connectivity index is 1.68. The number of rotatable bonds is 5. The topological polar surface area (TPSA) is 86.8 Å². The predicted molar refractivity (Wildman–Crippen MR) is 104 cm³/mol. The number of nitrogens with one attached hydrogen (secondary N) is 1. The Morgan fingerprint density at radius 2 is 1.52 bits per heavy atom. The maximum atomic E-state index is 13.1. The van der Waals surface area contributed by atoms with Crippen LogP contribution in [-0.4, -0.2) is 53.1 Å². The standard InChI is InChI=1S/C21H18F3N3O4/c1-12(27-19(30)13-7-3-4-8-14(13)20(27)31)18(29)26(2)11-17(28)25-16-10-6-5-9-15(16)21(22,23)24/h3-10,12H,11H2,1-2H3,(H,25,28)/t12-/m1/s1. The van der Waals surface area contributed by atoms with Gasteiger partial charge in [0.15, 0.2) is 0 Å². The smallest absolute Gasteiger partial charge is 0.335 e. The van der Waals surface area contributed by atoms with Crippen LogP contribution in [0.4, 0.5) is 18.9 Å². The van der Waals surface area contributed by atoms with Crippen molar-refractivity contribution in [1.82, 2.24) is 9.80 Å². The molecule has 1 aliphatic rings. The molecule has 31 heavy (non-hydrogen) atoms. The van der Waals surface area contributed by atoms with Crippen LogP contribution in [0.3, 0.4) is 0 Å². The molecular weight excluding hydrogens is 415 g/mol. The molecule has 7 nitrogen and oxygen atoms in total. The number of fused-ring (bicyclic) bond motifs is 1. The van der Waals surface area contributed by atoms with E-state index in [1.54, 1.807) is 12.1 Å². The van der Waals surface area contributed by atoms with E-state index in [9.17, 15) is 32.3 Å². The van der Waals surface area contributed by atoms with Crippen LogP contribution in [-0.2, 0) is 15.8 Å². The second-order valence-corrected chi connectivity index (χ2v) is 6.99. The number of hydrogen-bond acceptors (Lipinski definition) is 4. The summed E-state index contributed by atoms with van der Waals surface area (Å²) in [7, 11) is 1.26. The molecule has 0 radical (unpaired) electrons. The van der Waals surface area contributed by atoms with E-state index in [1.807, 2.05) is 0 Å². The first-order valence-corrected chi connectivity index (χ1v) is 9.20. The molecule has 4 amide bonds. The van der Waals surface area contributed by atoms with Crippen LogP contribution < -0.4 is 5.32 Å². The lowest BCUT2D eigenvalue weighted by molar-refractivity contribution is -0.137. The van der Waals surface area contributed by atoms with Gasteiger partial charge in [-0.1, -0.05) is 24.3 Å². The van der Waals surface area contributed by atoms with E-state index in [1.165, 1.54) is 38.2 Å². The van der Waals surface area contributed by atoms with Crippen molar-refractivity contribution in [2.24, 2.45) is 0 Å². The number of carbonyl (C=O) groups is 4. The molecule has 1 atom stereocenters. The summed E-state index contributed by atoms with van der Waals surface area (Å²) in [6.07, 6.45) is -4.66. The third kappa shape index (κ3) is 4.27. The zero-order valence-corrected chi connectivity index (χ0v) is 16.6. The highest BCUT2D eigenvalue weighted by Crippen LogP contribution is 2.34. The minimum atomic E-state index is -4.66. The van der Waals surface area contributed by atoms with Gasteiger partial charge in [0.25, 0.3) is 11.8 Å². The number of imide groups is 1. The number of nitrogens with zero attached hydrogens (tertiary/aromatic N) is 2. The van der Waals surface area contributed by atoms with Crippen molar-refractivity contribution in [2.45, 2.75) is 19.1 Å². The summed E-state index contributed by atoms with van der Waals surface area (Å²) in [6, 6.07) is 9.39. The third-order valence-corrected chi connectivity index (χ3v) is 4.83. The summed E-state index contributed by atoms with van der Waals surface area (Å²) in [4.78, 5) is 51.7. The van der Waals surface area contributed by atoms with Gasteiger partial charge in [-0.15, -0.1) is 0 Å². The van der Waals surface area contributed by atoms with Crippen molar-refractivity contribution < 1.29 is 32.3 Å². The first-order valence-electron chi connectivity index (χ1n) is 9.20. The largest absolute Gasteiger partial charge is 0.418 e. The number of hydrogen-bond donors (Lipinski definition) is 1. The van der Waals surface area contributed by atoms with E-state index in [-0.39, 0.29) is 11.1 Å². The van der Waals surface area contributed by atoms with Crippen LogP contribution in [0.5, 0.6) is 0 Å². The maximum absolute atomic E-state index is 13.1. The third-order valence-electron chi connectivity index (χ3n) is 4.83. The minimum Gasteiger partial charge on any atom is -0.335 e. The Bertz CT molecular complexity index is 1030. The van der Waals surface area contributed by atoms with Crippen LogP contribution in [0.15, 0.2) is 48.5 Å². The van der Waals surface area contributed by atoms with E-state index < -0.39 is 53.6 Å². The van der Waals surface area contributed by atoms with E-state index in [4.69, 9.17) is 0 Å². The molecule has 0 spiro atoms. The van der Waals surface area contributed by atoms with Crippen LogP contribution in [0.2, 0.25) is 0 Å². The van der Waals surface area contributed by atoms with Gasteiger partial charge in [0, 0.05) is 7.05 Å². The Labute approximate surface area is 175 Å². The molecule has 3 rings (SSSR count). The SMILES string of the molecule is C[C@H](C(=O)N(C)CC(=O)Nc1ccccc1C(F)(F)F)N1C(=O)c2ccccc2C1=O. The zero-order valence-electron chi connectivity index (χ0n) is 16.6. The van der Waals surface area contributed by atoms with Gasteiger partial charge in [-0.05, 0) is 31.2 Å². The first kappa shape index (κ1) is 22.0. The fraction of sp³-hybridized carbons (Fsp3) is 0.238. The van der Waals surface area contributed by atoms with Crippen LogP contribution >= 0.6 is 0 Å². The number of carbonyl (C=O) groups excluding carboxylic acids is 4. The fourth-order valence-corrected chi connectivity index (χ4v) is 3.31. The summed E-state index contributed by atoms with van der Waals surface area (Å²) in [5, 5.41) is 2.14.